The summed E-state index contributed by atoms with van der Waals surface area (Å²) < 4.78 is 6.05. The molecule has 0 bridgehead atoms. The zero-order valence-electron chi connectivity index (χ0n) is 9.89. The Morgan fingerprint density at radius 3 is 2.74 bits per heavy atom. The van der Waals surface area contributed by atoms with Crippen molar-refractivity contribution in [2.24, 2.45) is 0 Å². The predicted octanol–water partition coefficient (Wildman–Crippen LogP) is 4.78. The molecule has 0 aliphatic heterocycles. The van der Waals surface area contributed by atoms with E-state index in [2.05, 4.69) is 21.2 Å². The zero-order valence-corrected chi connectivity index (χ0v) is 12.2. The first-order valence-corrected chi connectivity index (χ1v) is 6.60. The Bertz CT molecular complexity index is 615. The molecule has 1 atom stereocenters. The van der Waals surface area contributed by atoms with Gasteiger partial charge in [-0.05, 0) is 47.1 Å². The van der Waals surface area contributed by atoms with Crippen LogP contribution in [0.25, 0.3) is 0 Å². The monoisotopic (exact) mass is 344 g/mol. The van der Waals surface area contributed by atoms with Crippen LogP contribution in [0.4, 0.5) is 11.4 Å². The van der Waals surface area contributed by atoms with Gasteiger partial charge < -0.3 is 9.73 Å². The molecule has 19 heavy (non-hydrogen) atoms. The highest BCUT2D eigenvalue weighted by Crippen LogP contribution is 2.30. The molecule has 0 aliphatic rings. The maximum Gasteiger partial charge on any atom is 0.289 e. The fourth-order valence-corrected chi connectivity index (χ4v) is 2.13. The summed E-state index contributed by atoms with van der Waals surface area (Å²) in [7, 11) is 0. The molecule has 7 heteroatoms. The number of nitro benzene ring substituents is 1. The molecular formula is C12H10BrClN2O3. The third-order valence-electron chi connectivity index (χ3n) is 2.55. The van der Waals surface area contributed by atoms with Crippen LogP contribution in [0.15, 0.2) is 39.4 Å². The summed E-state index contributed by atoms with van der Waals surface area (Å²) in [5.74, 6) is 0.726. The number of halogens is 2. The Morgan fingerprint density at radius 1 is 1.42 bits per heavy atom. The molecule has 1 N–H and O–H groups in total. The highest BCUT2D eigenvalue weighted by Gasteiger charge is 2.15. The number of nitro groups is 1. The van der Waals surface area contributed by atoms with E-state index in [0.29, 0.717) is 10.4 Å². The normalized spacial score (nSPS) is 12.2. The van der Waals surface area contributed by atoms with E-state index in [1.165, 1.54) is 12.1 Å². The minimum absolute atomic E-state index is 0.115. The molecule has 1 aromatic carbocycles. The van der Waals surface area contributed by atoms with Crippen molar-refractivity contribution >= 4 is 38.9 Å². The first-order chi connectivity index (χ1) is 8.97. The number of hydrogen-bond donors (Lipinski definition) is 1. The number of furan rings is 1. The van der Waals surface area contributed by atoms with E-state index in [4.69, 9.17) is 16.0 Å². The van der Waals surface area contributed by atoms with Crippen molar-refractivity contribution < 1.29 is 9.34 Å². The van der Waals surface area contributed by atoms with Crippen LogP contribution in [0.5, 0.6) is 0 Å². The van der Waals surface area contributed by atoms with E-state index in [-0.39, 0.29) is 16.8 Å². The van der Waals surface area contributed by atoms with Crippen LogP contribution in [-0.4, -0.2) is 4.92 Å². The standard InChI is InChI=1S/C12H10BrClN2O3/c1-7(11-4-5-12(13)19-11)15-8-2-3-9(14)10(6-8)16(17)18/h2-7,15H,1H3. The molecule has 1 unspecified atom stereocenters. The minimum atomic E-state index is -0.512. The van der Waals surface area contributed by atoms with E-state index in [0.717, 1.165) is 5.76 Å². The van der Waals surface area contributed by atoms with Gasteiger partial charge in [-0.25, -0.2) is 0 Å². The quantitative estimate of drug-likeness (QED) is 0.640. The lowest BCUT2D eigenvalue weighted by molar-refractivity contribution is -0.384. The summed E-state index contributed by atoms with van der Waals surface area (Å²) in [6.07, 6.45) is 0. The Morgan fingerprint density at radius 2 is 2.16 bits per heavy atom. The molecule has 2 aromatic rings. The molecule has 2 rings (SSSR count). The fourth-order valence-electron chi connectivity index (χ4n) is 1.62. The molecule has 0 radical (unpaired) electrons. The molecule has 1 heterocycles. The molecular weight excluding hydrogens is 336 g/mol. The molecule has 100 valence electrons. The smallest absolute Gasteiger partial charge is 0.289 e. The second kappa shape index (κ2) is 5.63. The van der Waals surface area contributed by atoms with Crippen molar-refractivity contribution in [2.45, 2.75) is 13.0 Å². The summed E-state index contributed by atoms with van der Waals surface area (Å²) in [6, 6.07) is 8.07. The van der Waals surface area contributed by atoms with Gasteiger partial charge in [0.2, 0.25) is 0 Å². The van der Waals surface area contributed by atoms with E-state index >= 15 is 0 Å². The second-order valence-corrected chi connectivity index (χ2v) is 5.12. The van der Waals surface area contributed by atoms with Gasteiger partial charge in [0.15, 0.2) is 4.67 Å². The maximum atomic E-state index is 10.8. The Hall–Kier alpha value is -1.53. The van der Waals surface area contributed by atoms with Crippen LogP contribution >= 0.6 is 27.5 Å². The third-order valence-corrected chi connectivity index (χ3v) is 3.29. The number of nitrogens with one attached hydrogen (secondary N) is 1. The van der Waals surface area contributed by atoms with Crippen LogP contribution in [0, 0.1) is 10.1 Å². The van der Waals surface area contributed by atoms with Gasteiger partial charge >= 0.3 is 0 Å². The van der Waals surface area contributed by atoms with Gasteiger partial charge in [0.1, 0.15) is 10.8 Å². The summed E-state index contributed by atoms with van der Waals surface area (Å²) >= 11 is 8.98. The van der Waals surface area contributed by atoms with Gasteiger partial charge in [0.05, 0.1) is 11.0 Å². The lowest BCUT2D eigenvalue weighted by Gasteiger charge is -2.12. The topological polar surface area (TPSA) is 68.3 Å². The molecule has 1 aromatic heterocycles. The number of nitrogens with zero attached hydrogens (tertiary/aromatic N) is 1. The van der Waals surface area contributed by atoms with Crippen LogP contribution in [0.3, 0.4) is 0 Å². The molecule has 0 amide bonds. The van der Waals surface area contributed by atoms with Crippen LogP contribution in [-0.2, 0) is 0 Å². The molecule has 0 saturated heterocycles. The summed E-state index contributed by atoms with van der Waals surface area (Å²) in [5.41, 5.74) is 0.482. The fraction of sp³-hybridized carbons (Fsp3) is 0.167. The first-order valence-electron chi connectivity index (χ1n) is 5.43. The highest BCUT2D eigenvalue weighted by molar-refractivity contribution is 9.10. The number of anilines is 1. The number of benzene rings is 1. The van der Waals surface area contributed by atoms with E-state index in [1.54, 1.807) is 12.1 Å². The summed E-state index contributed by atoms with van der Waals surface area (Å²) in [6.45, 7) is 1.89. The lowest BCUT2D eigenvalue weighted by Crippen LogP contribution is -2.05. The second-order valence-electron chi connectivity index (χ2n) is 3.93. The van der Waals surface area contributed by atoms with Crippen molar-refractivity contribution in [3.05, 3.63) is 55.9 Å². The molecule has 5 nitrogen and oxygen atoms in total. The van der Waals surface area contributed by atoms with E-state index in [9.17, 15) is 10.1 Å². The van der Waals surface area contributed by atoms with Crippen molar-refractivity contribution in [3.63, 3.8) is 0 Å². The van der Waals surface area contributed by atoms with Crippen LogP contribution in [0.1, 0.15) is 18.7 Å². The highest BCUT2D eigenvalue weighted by atomic mass is 79.9. The SMILES string of the molecule is CC(Nc1ccc(Cl)c([N+](=O)[O-])c1)c1ccc(Br)o1. The third kappa shape index (κ3) is 3.27. The van der Waals surface area contributed by atoms with Gasteiger partial charge in [0, 0.05) is 11.8 Å². The van der Waals surface area contributed by atoms with Crippen molar-refractivity contribution in [2.75, 3.05) is 5.32 Å². The first kappa shape index (κ1) is 13.9. The van der Waals surface area contributed by atoms with Crippen molar-refractivity contribution in [3.8, 4) is 0 Å². The van der Waals surface area contributed by atoms with Gasteiger partial charge in [0.25, 0.3) is 5.69 Å². The van der Waals surface area contributed by atoms with Crippen LogP contribution < -0.4 is 5.32 Å². The average molecular weight is 346 g/mol. The molecule has 0 fully saturated rings. The Labute approximate surface area is 122 Å². The van der Waals surface area contributed by atoms with Gasteiger partial charge in [-0.3, -0.25) is 10.1 Å². The predicted molar refractivity (Wildman–Crippen MR) is 76.6 cm³/mol. The summed E-state index contributed by atoms with van der Waals surface area (Å²) in [4.78, 5) is 10.3. The maximum absolute atomic E-state index is 10.8. The zero-order chi connectivity index (χ0) is 14.0. The number of rotatable bonds is 4. The minimum Gasteiger partial charge on any atom is -0.452 e. The summed E-state index contributed by atoms with van der Waals surface area (Å²) in [5, 5.41) is 14.0. The van der Waals surface area contributed by atoms with E-state index in [1.807, 2.05) is 13.0 Å². The molecule has 0 spiro atoms. The molecule has 0 saturated carbocycles. The lowest BCUT2D eigenvalue weighted by atomic mass is 10.2. The largest absolute Gasteiger partial charge is 0.452 e. The van der Waals surface area contributed by atoms with Crippen molar-refractivity contribution in [1.29, 1.82) is 0 Å². The van der Waals surface area contributed by atoms with Gasteiger partial charge in [-0.15, -0.1) is 0 Å². The Kier molecular flexibility index (Phi) is 4.11. The van der Waals surface area contributed by atoms with E-state index < -0.39 is 4.92 Å². The molecule has 0 aliphatic carbocycles. The average Bonchev–Trinajstić information content (AvgIpc) is 2.78. The number of hydrogen-bond acceptors (Lipinski definition) is 4. The Balaban J connectivity index is 2.19. The van der Waals surface area contributed by atoms with Gasteiger partial charge in [-0.1, -0.05) is 11.6 Å². The van der Waals surface area contributed by atoms with Crippen LogP contribution in [0.2, 0.25) is 5.02 Å². The van der Waals surface area contributed by atoms with Crippen molar-refractivity contribution in [1.82, 2.24) is 0 Å². The van der Waals surface area contributed by atoms with Gasteiger partial charge in [-0.2, -0.15) is 0 Å².